The molecule has 0 radical (unpaired) electrons. The number of hydrogen-bond donors (Lipinski definition) is 1. The summed E-state index contributed by atoms with van der Waals surface area (Å²) in [6, 6.07) is 7.75. The second-order valence-corrected chi connectivity index (χ2v) is 7.45. The molecule has 2 aromatic carbocycles. The van der Waals surface area contributed by atoms with Crippen LogP contribution in [0.5, 0.6) is 5.75 Å². The van der Waals surface area contributed by atoms with E-state index in [2.05, 4.69) is 45.2 Å². The Hall–Kier alpha value is 0.1000. The second kappa shape index (κ2) is 4.58. The van der Waals surface area contributed by atoms with Crippen LogP contribution in [0.2, 0.25) is 0 Å². The molecule has 0 unspecified atom stereocenters. The third kappa shape index (κ3) is 1.80. The average molecular weight is 574 g/mol. The van der Waals surface area contributed by atoms with Gasteiger partial charge in [0, 0.05) is 14.7 Å². The topological polar surface area (TPSA) is 37.3 Å². The highest BCUT2D eigenvalue weighted by Gasteiger charge is 2.31. The van der Waals surface area contributed by atoms with Gasteiger partial charge in [-0.25, -0.2) is 0 Å². The Labute approximate surface area is 145 Å². The number of halogens is 3. The highest BCUT2D eigenvalue weighted by atomic mass is 127. The van der Waals surface area contributed by atoms with Gasteiger partial charge >= 0.3 is 0 Å². The van der Waals surface area contributed by atoms with E-state index in [0.717, 1.165) is 23.8 Å². The number of phenols is 1. The number of fused-ring (bicyclic) bond motifs is 3. The molecule has 1 N–H and O–H groups in total. The second-order valence-electron chi connectivity index (χ2n) is 3.96. The Morgan fingerprint density at radius 2 is 1.67 bits per heavy atom. The van der Waals surface area contributed by atoms with Crippen molar-refractivity contribution in [2.24, 2.45) is 0 Å². The van der Waals surface area contributed by atoms with Gasteiger partial charge in [0.05, 0.1) is 7.14 Å². The Bertz CT molecular complexity index is 708. The number of phenolic OH excluding ortho intramolecular Hbond substituents is 1. The molecule has 0 saturated heterocycles. The average Bonchev–Trinajstić information content (AvgIpc) is 2.60. The van der Waals surface area contributed by atoms with E-state index in [-0.39, 0.29) is 11.5 Å². The predicted octanol–water partition coefficient (Wildman–Crippen LogP) is 4.42. The lowest BCUT2D eigenvalue weighted by Crippen LogP contribution is -1.99. The molecule has 0 amide bonds. The summed E-state index contributed by atoms with van der Waals surface area (Å²) in [7, 11) is 0. The van der Waals surface area contributed by atoms with E-state index >= 15 is 0 Å². The number of carbonyl (C=O) groups excluding carboxylic acids is 1. The van der Waals surface area contributed by atoms with Crippen molar-refractivity contribution in [3.05, 3.63) is 46.1 Å². The van der Waals surface area contributed by atoms with Crippen molar-refractivity contribution in [1.29, 1.82) is 0 Å². The highest BCUT2D eigenvalue weighted by Crippen LogP contribution is 2.43. The first-order chi connectivity index (χ1) is 8.50. The summed E-state index contributed by atoms with van der Waals surface area (Å²) in [6.45, 7) is 0. The zero-order chi connectivity index (χ0) is 13.0. The van der Waals surface area contributed by atoms with Crippen LogP contribution in [0, 0.1) is 10.7 Å². The van der Waals surface area contributed by atoms with Crippen molar-refractivity contribution in [3.8, 4) is 16.9 Å². The molecule has 0 fully saturated rings. The van der Waals surface area contributed by atoms with Gasteiger partial charge in [0.1, 0.15) is 5.75 Å². The molecule has 0 saturated carbocycles. The zero-order valence-corrected chi connectivity index (χ0v) is 15.3. The number of benzene rings is 2. The Balaban J connectivity index is 2.41. The monoisotopic (exact) mass is 574 g/mol. The third-order valence-electron chi connectivity index (χ3n) is 2.94. The fourth-order valence-corrected chi connectivity index (χ4v) is 4.53. The van der Waals surface area contributed by atoms with E-state index in [1.807, 2.05) is 46.9 Å². The summed E-state index contributed by atoms with van der Waals surface area (Å²) in [5.41, 5.74) is 3.26. The Morgan fingerprint density at radius 3 is 2.39 bits per heavy atom. The molecule has 18 heavy (non-hydrogen) atoms. The normalized spacial score (nSPS) is 12.5. The first-order valence-corrected chi connectivity index (χ1v) is 8.30. The maximum atomic E-state index is 12.4. The molecular weight excluding hydrogens is 569 g/mol. The van der Waals surface area contributed by atoms with Crippen molar-refractivity contribution < 1.29 is 9.90 Å². The van der Waals surface area contributed by atoms with Gasteiger partial charge in [-0.2, -0.15) is 0 Å². The minimum absolute atomic E-state index is 0.00890. The molecule has 1 aliphatic carbocycles. The lowest BCUT2D eigenvalue weighted by atomic mass is 10.1. The maximum absolute atomic E-state index is 12.4. The minimum atomic E-state index is 0.00890. The van der Waals surface area contributed by atoms with Gasteiger partial charge in [0.2, 0.25) is 0 Å². The van der Waals surface area contributed by atoms with Crippen LogP contribution in [0.4, 0.5) is 0 Å². The lowest BCUT2D eigenvalue weighted by molar-refractivity contribution is 0.104. The molecule has 0 aromatic heterocycles. The van der Waals surface area contributed by atoms with Gasteiger partial charge in [0.15, 0.2) is 5.78 Å². The molecule has 0 aliphatic heterocycles. The minimum Gasteiger partial charge on any atom is -0.506 e. The number of hydrogen-bond acceptors (Lipinski definition) is 2. The van der Waals surface area contributed by atoms with Crippen LogP contribution in [0.3, 0.4) is 0 Å². The predicted molar refractivity (Wildman–Crippen MR) is 95.1 cm³/mol. The molecule has 5 heteroatoms. The first kappa shape index (κ1) is 13.1. The summed E-state index contributed by atoms with van der Waals surface area (Å²) in [6.07, 6.45) is 0. The summed E-state index contributed by atoms with van der Waals surface area (Å²) in [5.74, 6) is 0.209. The van der Waals surface area contributed by atoms with E-state index in [9.17, 15) is 9.90 Å². The molecule has 90 valence electrons. The van der Waals surface area contributed by atoms with Crippen LogP contribution in [-0.4, -0.2) is 10.9 Å². The van der Waals surface area contributed by atoms with Crippen molar-refractivity contribution in [2.75, 3.05) is 0 Å². The molecule has 0 heterocycles. The van der Waals surface area contributed by atoms with Gasteiger partial charge in [-0.15, -0.1) is 0 Å². The largest absolute Gasteiger partial charge is 0.506 e. The van der Waals surface area contributed by atoms with Gasteiger partial charge in [-0.3, -0.25) is 4.79 Å². The third-order valence-corrected chi connectivity index (χ3v) is 5.48. The van der Waals surface area contributed by atoms with Crippen LogP contribution >= 0.6 is 67.8 Å². The highest BCUT2D eigenvalue weighted by molar-refractivity contribution is 14.1. The molecule has 3 rings (SSSR count). The molecule has 0 atom stereocenters. The van der Waals surface area contributed by atoms with Gasteiger partial charge in [-0.05, 0) is 97.1 Å². The van der Waals surface area contributed by atoms with Gasteiger partial charge < -0.3 is 5.11 Å². The molecule has 2 aromatic rings. The van der Waals surface area contributed by atoms with Crippen LogP contribution in [0.25, 0.3) is 11.1 Å². The van der Waals surface area contributed by atoms with Crippen LogP contribution in [0.15, 0.2) is 24.3 Å². The van der Waals surface area contributed by atoms with Crippen molar-refractivity contribution in [2.45, 2.75) is 0 Å². The molecule has 1 aliphatic rings. The van der Waals surface area contributed by atoms with Crippen LogP contribution in [0.1, 0.15) is 15.9 Å². The SMILES string of the molecule is O=C1c2cc(I)ccc2-c2cc(I)c(O)c(I)c21. The fourth-order valence-electron chi connectivity index (χ4n) is 2.12. The quantitative estimate of drug-likeness (QED) is 0.405. The number of aromatic hydroxyl groups is 1. The first-order valence-electron chi connectivity index (χ1n) is 5.06. The number of carbonyl (C=O) groups is 1. The molecular formula is C13H5I3O2. The van der Waals surface area contributed by atoms with Crippen molar-refractivity contribution in [3.63, 3.8) is 0 Å². The summed E-state index contributed by atoms with van der Waals surface area (Å²) in [5, 5.41) is 9.95. The number of ketones is 1. The Kier molecular flexibility index (Phi) is 3.34. The maximum Gasteiger partial charge on any atom is 0.195 e. The number of rotatable bonds is 0. The van der Waals surface area contributed by atoms with Crippen LogP contribution < -0.4 is 0 Å². The van der Waals surface area contributed by atoms with E-state index in [0.29, 0.717) is 9.13 Å². The molecule has 0 spiro atoms. The summed E-state index contributed by atoms with van der Waals surface area (Å²) >= 11 is 6.33. The van der Waals surface area contributed by atoms with Crippen LogP contribution in [-0.2, 0) is 0 Å². The lowest BCUT2D eigenvalue weighted by Gasteiger charge is -2.06. The molecule has 2 nitrogen and oxygen atoms in total. The standard InChI is InChI=1S/C13H5I3O2/c14-5-1-2-6-7-4-9(15)13(18)11(16)10(7)12(17)8(6)3-5/h1-4,18H. The van der Waals surface area contributed by atoms with Crippen molar-refractivity contribution in [1.82, 2.24) is 0 Å². The van der Waals surface area contributed by atoms with E-state index in [4.69, 9.17) is 0 Å². The Morgan fingerprint density at radius 1 is 0.944 bits per heavy atom. The summed E-state index contributed by atoms with van der Waals surface area (Å²) < 4.78 is 2.46. The van der Waals surface area contributed by atoms with Crippen molar-refractivity contribution >= 4 is 73.6 Å². The van der Waals surface area contributed by atoms with E-state index < -0.39 is 0 Å². The molecule has 0 bridgehead atoms. The van der Waals surface area contributed by atoms with E-state index in [1.54, 1.807) is 0 Å². The smallest absolute Gasteiger partial charge is 0.195 e. The van der Waals surface area contributed by atoms with Gasteiger partial charge in [0.25, 0.3) is 0 Å². The fraction of sp³-hybridized carbons (Fsp3) is 0. The zero-order valence-electron chi connectivity index (χ0n) is 8.80. The van der Waals surface area contributed by atoms with Gasteiger partial charge in [-0.1, -0.05) is 6.07 Å². The summed E-state index contributed by atoms with van der Waals surface area (Å²) in [4.78, 5) is 12.4. The van der Waals surface area contributed by atoms with E-state index in [1.165, 1.54) is 0 Å².